The summed E-state index contributed by atoms with van der Waals surface area (Å²) in [6.07, 6.45) is 2.50. The van der Waals surface area contributed by atoms with Crippen molar-refractivity contribution in [1.29, 1.82) is 0 Å². The van der Waals surface area contributed by atoms with Crippen molar-refractivity contribution < 1.29 is 4.74 Å². The van der Waals surface area contributed by atoms with Crippen molar-refractivity contribution in [3.63, 3.8) is 0 Å². The van der Waals surface area contributed by atoms with Crippen molar-refractivity contribution in [2.75, 3.05) is 20.7 Å². The van der Waals surface area contributed by atoms with Gasteiger partial charge < -0.3 is 10.1 Å². The first-order chi connectivity index (χ1) is 8.48. The van der Waals surface area contributed by atoms with Crippen LogP contribution in [0.1, 0.15) is 35.1 Å². The summed E-state index contributed by atoms with van der Waals surface area (Å²) in [7, 11) is 3.81. The first kappa shape index (κ1) is 13.9. The average molecular weight is 312 g/mol. The Bertz CT molecular complexity index is 478. The molecule has 0 aromatic heterocycles. The molecule has 2 rings (SSSR count). The van der Waals surface area contributed by atoms with Gasteiger partial charge in [-0.25, -0.2) is 0 Å². The smallest absolute Gasteiger partial charge is 0.126 e. The molecule has 0 amide bonds. The van der Waals surface area contributed by atoms with Crippen LogP contribution in [0.4, 0.5) is 0 Å². The van der Waals surface area contributed by atoms with E-state index in [4.69, 9.17) is 4.74 Å². The minimum absolute atomic E-state index is 0.283. The molecule has 0 unspecified atom stereocenters. The van der Waals surface area contributed by atoms with E-state index < -0.39 is 0 Å². The summed E-state index contributed by atoms with van der Waals surface area (Å²) in [6.45, 7) is 7.52. The van der Waals surface area contributed by atoms with Crippen LogP contribution in [0.2, 0.25) is 0 Å². The largest absolute Gasteiger partial charge is 0.496 e. The number of hydrogen-bond acceptors (Lipinski definition) is 2. The fourth-order valence-electron chi connectivity index (χ4n) is 2.98. The van der Waals surface area contributed by atoms with Gasteiger partial charge in [-0.05, 0) is 57.4 Å². The fraction of sp³-hybridized carbons (Fsp3) is 0.600. The molecule has 0 bridgehead atoms. The molecular formula is C15H22BrNO. The molecule has 100 valence electrons. The van der Waals surface area contributed by atoms with Crippen LogP contribution in [-0.2, 0) is 5.41 Å². The zero-order chi connectivity index (χ0) is 13.5. The van der Waals surface area contributed by atoms with Crippen LogP contribution >= 0.6 is 15.9 Å². The van der Waals surface area contributed by atoms with E-state index in [0.29, 0.717) is 0 Å². The van der Waals surface area contributed by atoms with Crippen LogP contribution in [0, 0.1) is 20.8 Å². The first-order valence-electron chi connectivity index (χ1n) is 6.47. The van der Waals surface area contributed by atoms with E-state index in [9.17, 15) is 0 Å². The van der Waals surface area contributed by atoms with E-state index in [1.807, 2.05) is 7.05 Å². The zero-order valence-electron chi connectivity index (χ0n) is 11.9. The Morgan fingerprint density at radius 3 is 2.22 bits per heavy atom. The summed E-state index contributed by atoms with van der Waals surface area (Å²) >= 11 is 3.74. The van der Waals surface area contributed by atoms with Gasteiger partial charge in [0.15, 0.2) is 0 Å². The van der Waals surface area contributed by atoms with Gasteiger partial charge in [0.1, 0.15) is 5.75 Å². The number of benzene rings is 1. The Morgan fingerprint density at radius 1 is 1.17 bits per heavy atom. The summed E-state index contributed by atoms with van der Waals surface area (Å²) in [5, 5.41) is 3.33. The normalized spacial score (nSPS) is 16.8. The maximum absolute atomic E-state index is 5.72. The molecule has 3 heteroatoms. The van der Waals surface area contributed by atoms with Crippen molar-refractivity contribution in [2.24, 2.45) is 0 Å². The molecule has 0 radical (unpaired) electrons. The lowest BCUT2D eigenvalue weighted by atomic mass is 9.87. The summed E-state index contributed by atoms with van der Waals surface area (Å²) in [4.78, 5) is 0. The first-order valence-corrected chi connectivity index (χ1v) is 7.26. The maximum Gasteiger partial charge on any atom is 0.126 e. The van der Waals surface area contributed by atoms with Gasteiger partial charge in [-0.1, -0.05) is 15.9 Å². The van der Waals surface area contributed by atoms with Crippen LogP contribution in [0.3, 0.4) is 0 Å². The molecule has 1 aliphatic rings. The van der Waals surface area contributed by atoms with Gasteiger partial charge >= 0.3 is 0 Å². The van der Waals surface area contributed by atoms with Crippen molar-refractivity contribution in [2.45, 2.75) is 39.0 Å². The van der Waals surface area contributed by atoms with Crippen molar-refractivity contribution >= 4 is 15.9 Å². The molecule has 1 aliphatic carbocycles. The lowest BCUT2D eigenvalue weighted by molar-refractivity contribution is 0.398. The monoisotopic (exact) mass is 311 g/mol. The highest BCUT2D eigenvalue weighted by Crippen LogP contribution is 2.54. The minimum atomic E-state index is 0.283. The van der Waals surface area contributed by atoms with Gasteiger partial charge in [-0.15, -0.1) is 0 Å². The van der Waals surface area contributed by atoms with Gasteiger partial charge in [-0.3, -0.25) is 0 Å². The molecule has 0 heterocycles. The van der Waals surface area contributed by atoms with E-state index >= 15 is 0 Å². The van der Waals surface area contributed by atoms with Crippen LogP contribution in [0.15, 0.2) is 4.47 Å². The van der Waals surface area contributed by atoms with Crippen molar-refractivity contribution in [3.05, 3.63) is 26.7 Å². The average Bonchev–Trinajstić information content (AvgIpc) is 3.11. The Kier molecular flexibility index (Phi) is 3.75. The van der Waals surface area contributed by atoms with Crippen LogP contribution < -0.4 is 10.1 Å². The predicted octanol–water partition coefficient (Wildman–Crippen LogP) is 3.63. The summed E-state index contributed by atoms with van der Waals surface area (Å²) in [5.41, 5.74) is 5.56. The van der Waals surface area contributed by atoms with Crippen LogP contribution in [0.5, 0.6) is 5.75 Å². The molecule has 0 atom stereocenters. The number of ether oxygens (including phenoxy) is 1. The van der Waals surface area contributed by atoms with Crippen LogP contribution in [0.25, 0.3) is 0 Å². The van der Waals surface area contributed by atoms with Crippen molar-refractivity contribution in [1.82, 2.24) is 5.32 Å². The number of hydrogen-bond donors (Lipinski definition) is 1. The zero-order valence-corrected chi connectivity index (χ0v) is 13.5. The molecule has 1 aromatic rings. The Labute approximate surface area is 118 Å². The molecule has 0 saturated heterocycles. The number of likely N-dealkylation sites (N-methyl/N-ethyl adjacent to an activating group) is 1. The molecular weight excluding hydrogens is 290 g/mol. The van der Waals surface area contributed by atoms with E-state index in [1.165, 1.54) is 39.6 Å². The molecule has 2 nitrogen and oxygen atoms in total. The highest BCUT2D eigenvalue weighted by atomic mass is 79.9. The summed E-state index contributed by atoms with van der Waals surface area (Å²) in [5.74, 6) is 1.08. The molecule has 1 fully saturated rings. The third-order valence-electron chi connectivity index (χ3n) is 4.27. The lowest BCUT2D eigenvalue weighted by Gasteiger charge is -2.25. The standard InChI is InChI=1S/C15H22BrNO/c1-9-10(2)14(18-5)12(11(3)13(9)16)15(6-7-15)8-17-4/h17H,6-8H2,1-5H3. The second-order valence-corrected chi connectivity index (χ2v) is 6.20. The van der Waals surface area contributed by atoms with Crippen molar-refractivity contribution in [3.8, 4) is 5.75 Å². The number of nitrogens with one attached hydrogen (secondary N) is 1. The summed E-state index contributed by atoms with van der Waals surface area (Å²) in [6, 6.07) is 0. The second kappa shape index (κ2) is 4.86. The number of halogens is 1. The Balaban J connectivity index is 2.66. The Hall–Kier alpha value is -0.540. The topological polar surface area (TPSA) is 21.3 Å². The third kappa shape index (κ3) is 1.97. The van der Waals surface area contributed by atoms with E-state index in [0.717, 1.165) is 12.3 Å². The van der Waals surface area contributed by atoms with Crippen LogP contribution in [-0.4, -0.2) is 20.7 Å². The predicted molar refractivity (Wildman–Crippen MR) is 79.7 cm³/mol. The SMILES string of the molecule is CNCC1(c2c(C)c(Br)c(C)c(C)c2OC)CC1. The van der Waals surface area contributed by atoms with Gasteiger partial charge in [0.25, 0.3) is 0 Å². The molecule has 1 N–H and O–H groups in total. The Morgan fingerprint density at radius 2 is 1.78 bits per heavy atom. The third-order valence-corrected chi connectivity index (χ3v) is 5.46. The van der Waals surface area contributed by atoms with E-state index in [-0.39, 0.29) is 5.41 Å². The fourth-order valence-corrected chi connectivity index (χ4v) is 3.48. The van der Waals surface area contributed by atoms with E-state index in [2.05, 4.69) is 42.0 Å². The van der Waals surface area contributed by atoms with Gasteiger partial charge in [-0.2, -0.15) is 0 Å². The van der Waals surface area contributed by atoms with E-state index in [1.54, 1.807) is 7.11 Å². The lowest BCUT2D eigenvalue weighted by Crippen LogP contribution is -2.25. The highest BCUT2D eigenvalue weighted by molar-refractivity contribution is 9.10. The second-order valence-electron chi connectivity index (χ2n) is 5.41. The number of rotatable bonds is 4. The minimum Gasteiger partial charge on any atom is -0.496 e. The molecule has 1 saturated carbocycles. The molecule has 1 aromatic carbocycles. The van der Waals surface area contributed by atoms with Gasteiger partial charge in [0.2, 0.25) is 0 Å². The summed E-state index contributed by atoms with van der Waals surface area (Å²) < 4.78 is 6.95. The quantitative estimate of drug-likeness (QED) is 0.916. The number of methoxy groups -OCH3 is 1. The van der Waals surface area contributed by atoms with Gasteiger partial charge in [0, 0.05) is 22.0 Å². The maximum atomic E-state index is 5.72. The molecule has 0 aliphatic heterocycles. The molecule has 0 spiro atoms. The van der Waals surface area contributed by atoms with Gasteiger partial charge in [0.05, 0.1) is 7.11 Å². The highest BCUT2D eigenvalue weighted by Gasteiger charge is 2.47. The molecule has 18 heavy (non-hydrogen) atoms.